The number of methoxy groups -OCH3 is 1. The fraction of sp³-hybridized carbons (Fsp3) is 0.0625. The Morgan fingerprint density at radius 2 is 1.95 bits per heavy atom. The van der Waals surface area contributed by atoms with Crippen LogP contribution in [0.25, 0.3) is 6.08 Å². The van der Waals surface area contributed by atoms with Gasteiger partial charge < -0.3 is 15.2 Å². The minimum atomic E-state index is -0.258. The minimum Gasteiger partial charge on any atom is -0.507 e. The largest absolute Gasteiger partial charge is 0.507 e. The summed E-state index contributed by atoms with van der Waals surface area (Å²) in [5, 5.41) is 12.5. The molecule has 4 heteroatoms. The van der Waals surface area contributed by atoms with E-state index in [-0.39, 0.29) is 11.7 Å². The summed E-state index contributed by atoms with van der Waals surface area (Å²) in [6, 6.07) is 14.1. The normalized spacial score (nSPS) is 10.4. The molecule has 102 valence electrons. The third-order valence-electron chi connectivity index (χ3n) is 2.69. The Balaban J connectivity index is 2.04. The van der Waals surface area contributed by atoms with E-state index in [1.807, 2.05) is 18.2 Å². The lowest BCUT2D eigenvalue weighted by Gasteiger charge is -2.03. The summed E-state index contributed by atoms with van der Waals surface area (Å²) in [7, 11) is 1.53. The summed E-state index contributed by atoms with van der Waals surface area (Å²) in [5.74, 6) is 0.368. The van der Waals surface area contributed by atoms with Gasteiger partial charge in [0.05, 0.1) is 7.11 Å². The number of rotatable bonds is 4. The molecule has 0 radical (unpaired) electrons. The van der Waals surface area contributed by atoms with E-state index in [1.165, 1.54) is 19.3 Å². The van der Waals surface area contributed by atoms with Crippen molar-refractivity contribution in [3.63, 3.8) is 0 Å². The molecule has 0 aliphatic heterocycles. The van der Waals surface area contributed by atoms with Crippen LogP contribution in [0.5, 0.6) is 11.5 Å². The fourth-order valence-electron chi connectivity index (χ4n) is 1.66. The molecule has 0 atom stereocenters. The first-order chi connectivity index (χ1) is 9.69. The van der Waals surface area contributed by atoms with Crippen molar-refractivity contribution in [2.75, 3.05) is 12.4 Å². The number of carbonyl (C=O) groups is 1. The van der Waals surface area contributed by atoms with E-state index in [4.69, 9.17) is 4.74 Å². The number of nitrogens with one attached hydrogen (secondary N) is 1. The van der Waals surface area contributed by atoms with Crippen molar-refractivity contribution in [1.82, 2.24) is 0 Å². The Morgan fingerprint density at radius 3 is 2.60 bits per heavy atom. The molecular formula is C16H15NO3. The fourth-order valence-corrected chi connectivity index (χ4v) is 1.66. The van der Waals surface area contributed by atoms with Gasteiger partial charge in [0.1, 0.15) is 11.5 Å². The lowest BCUT2D eigenvalue weighted by Crippen LogP contribution is -2.07. The summed E-state index contributed by atoms with van der Waals surface area (Å²) in [5.41, 5.74) is 1.27. The summed E-state index contributed by atoms with van der Waals surface area (Å²) in [4.78, 5) is 11.7. The van der Waals surface area contributed by atoms with Gasteiger partial charge in [0.15, 0.2) is 0 Å². The maximum atomic E-state index is 11.7. The van der Waals surface area contributed by atoms with E-state index >= 15 is 0 Å². The molecule has 0 saturated heterocycles. The van der Waals surface area contributed by atoms with E-state index < -0.39 is 0 Å². The van der Waals surface area contributed by atoms with Gasteiger partial charge in [0.25, 0.3) is 0 Å². The van der Waals surface area contributed by atoms with Crippen molar-refractivity contribution in [3.05, 3.63) is 60.2 Å². The Morgan fingerprint density at radius 1 is 1.20 bits per heavy atom. The SMILES string of the molecule is COc1ccc(C=CC(=O)Nc2ccccc2)c(O)c1. The molecule has 1 amide bonds. The monoisotopic (exact) mass is 269 g/mol. The zero-order chi connectivity index (χ0) is 14.4. The van der Waals surface area contributed by atoms with Crippen LogP contribution in [0.3, 0.4) is 0 Å². The zero-order valence-electron chi connectivity index (χ0n) is 11.0. The molecule has 2 aromatic rings. The van der Waals surface area contributed by atoms with E-state index in [0.29, 0.717) is 11.3 Å². The topological polar surface area (TPSA) is 58.6 Å². The van der Waals surface area contributed by atoms with Gasteiger partial charge >= 0.3 is 0 Å². The Hall–Kier alpha value is -2.75. The van der Waals surface area contributed by atoms with Crippen molar-refractivity contribution in [3.8, 4) is 11.5 Å². The number of phenolic OH excluding ortho intramolecular Hbond substituents is 1. The number of ether oxygens (including phenoxy) is 1. The number of benzene rings is 2. The van der Waals surface area contributed by atoms with Gasteiger partial charge in [-0.3, -0.25) is 4.79 Å². The van der Waals surface area contributed by atoms with Gasteiger partial charge in [-0.15, -0.1) is 0 Å². The maximum Gasteiger partial charge on any atom is 0.248 e. The molecule has 20 heavy (non-hydrogen) atoms. The molecule has 0 spiro atoms. The molecule has 0 unspecified atom stereocenters. The molecule has 0 aromatic heterocycles. The summed E-state index contributed by atoms with van der Waals surface area (Å²) >= 11 is 0. The molecule has 4 nitrogen and oxygen atoms in total. The van der Waals surface area contributed by atoms with Crippen LogP contribution < -0.4 is 10.1 Å². The zero-order valence-corrected chi connectivity index (χ0v) is 11.0. The van der Waals surface area contributed by atoms with Crippen molar-refractivity contribution >= 4 is 17.7 Å². The standard InChI is InChI=1S/C16H15NO3/c1-20-14-9-7-12(15(18)11-14)8-10-16(19)17-13-5-3-2-4-6-13/h2-11,18H,1H3,(H,17,19). The van der Waals surface area contributed by atoms with Crippen LogP contribution in [0.15, 0.2) is 54.6 Å². The third kappa shape index (κ3) is 3.62. The van der Waals surface area contributed by atoms with Crippen LogP contribution in [0.2, 0.25) is 0 Å². The van der Waals surface area contributed by atoms with E-state index in [0.717, 1.165) is 5.69 Å². The first kappa shape index (κ1) is 13.7. The van der Waals surface area contributed by atoms with E-state index in [1.54, 1.807) is 30.3 Å². The second-order valence-corrected chi connectivity index (χ2v) is 4.11. The van der Waals surface area contributed by atoms with Gasteiger partial charge in [0.2, 0.25) is 5.91 Å². The predicted octanol–water partition coefficient (Wildman–Crippen LogP) is 3.05. The number of aromatic hydroxyl groups is 1. The number of phenols is 1. The molecular weight excluding hydrogens is 254 g/mol. The molecule has 2 rings (SSSR count). The molecule has 0 fully saturated rings. The number of para-hydroxylation sites is 1. The first-order valence-electron chi connectivity index (χ1n) is 6.10. The molecule has 0 aliphatic rings. The van der Waals surface area contributed by atoms with Crippen LogP contribution in [-0.2, 0) is 4.79 Å². The molecule has 2 aromatic carbocycles. The maximum absolute atomic E-state index is 11.7. The average molecular weight is 269 g/mol. The Labute approximate surface area is 117 Å². The second kappa shape index (κ2) is 6.43. The van der Waals surface area contributed by atoms with Crippen LogP contribution in [0.1, 0.15) is 5.56 Å². The van der Waals surface area contributed by atoms with E-state index in [2.05, 4.69) is 5.32 Å². The number of hydrogen-bond donors (Lipinski definition) is 2. The highest BCUT2D eigenvalue weighted by Gasteiger charge is 2.01. The molecule has 2 N–H and O–H groups in total. The highest BCUT2D eigenvalue weighted by atomic mass is 16.5. The average Bonchev–Trinajstić information content (AvgIpc) is 2.47. The highest BCUT2D eigenvalue weighted by Crippen LogP contribution is 2.24. The highest BCUT2D eigenvalue weighted by molar-refractivity contribution is 6.02. The van der Waals surface area contributed by atoms with Crippen molar-refractivity contribution in [2.45, 2.75) is 0 Å². The molecule has 0 saturated carbocycles. The Bertz CT molecular complexity index is 621. The van der Waals surface area contributed by atoms with Crippen LogP contribution in [0.4, 0.5) is 5.69 Å². The van der Waals surface area contributed by atoms with E-state index in [9.17, 15) is 9.90 Å². The number of carbonyl (C=O) groups excluding carboxylic acids is 1. The number of hydrogen-bond acceptors (Lipinski definition) is 3. The van der Waals surface area contributed by atoms with Gasteiger partial charge in [-0.25, -0.2) is 0 Å². The quantitative estimate of drug-likeness (QED) is 0.839. The van der Waals surface area contributed by atoms with Crippen LogP contribution >= 0.6 is 0 Å². The number of amides is 1. The van der Waals surface area contributed by atoms with Crippen molar-refractivity contribution in [1.29, 1.82) is 0 Å². The summed E-state index contributed by atoms with van der Waals surface area (Å²) < 4.78 is 4.99. The lowest BCUT2D eigenvalue weighted by molar-refractivity contribution is -0.111. The second-order valence-electron chi connectivity index (χ2n) is 4.11. The van der Waals surface area contributed by atoms with Crippen molar-refractivity contribution in [2.24, 2.45) is 0 Å². The molecule has 0 aliphatic carbocycles. The van der Waals surface area contributed by atoms with Gasteiger partial charge in [-0.05, 0) is 30.3 Å². The van der Waals surface area contributed by atoms with Crippen LogP contribution in [-0.4, -0.2) is 18.1 Å². The minimum absolute atomic E-state index is 0.0631. The van der Waals surface area contributed by atoms with Gasteiger partial charge in [0, 0.05) is 23.4 Å². The summed E-state index contributed by atoms with van der Waals surface area (Å²) in [6.07, 6.45) is 2.92. The van der Waals surface area contributed by atoms with Gasteiger partial charge in [-0.1, -0.05) is 18.2 Å². The lowest BCUT2D eigenvalue weighted by atomic mass is 10.1. The van der Waals surface area contributed by atoms with Crippen molar-refractivity contribution < 1.29 is 14.6 Å². The smallest absolute Gasteiger partial charge is 0.248 e. The van der Waals surface area contributed by atoms with Gasteiger partial charge in [-0.2, -0.15) is 0 Å². The predicted molar refractivity (Wildman–Crippen MR) is 78.8 cm³/mol. The summed E-state index contributed by atoms with van der Waals surface area (Å²) in [6.45, 7) is 0. The number of anilines is 1. The third-order valence-corrected chi connectivity index (χ3v) is 2.69. The first-order valence-corrected chi connectivity index (χ1v) is 6.10. The van der Waals surface area contributed by atoms with Crippen LogP contribution in [0, 0.1) is 0 Å². The Kier molecular flexibility index (Phi) is 4.39. The molecule has 0 heterocycles. The molecule has 0 bridgehead atoms.